The van der Waals surface area contributed by atoms with Gasteiger partial charge in [-0.05, 0) is 17.9 Å². The molecule has 1 aliphatic heterocycles. The molecule has 0 spiro atoms. The summed E-state index contributed by atoms with van der Waals surface area (Å²) >= 11 is 2.68. The molecular weight excluding hydrogens is 438 g/mol. The molecule has 9 nitrogen and oxygen atoms in total. The van der Waals surface area contributed by atoms with E-state index < -0.39 is 0 Å². The Morgan fingerprint density at radius 3 is 2.71 bits per heavy atom. The van der Waals surface area contributed by atoms with Crippen LogP contribution in [0.25, 0.3) is 0 Å². The summed E-state index contributed by atoms with van der Waals surface area (Å²) in [6, 6.07) is 3.57. The van der Waals surface area contributed by atoms with Gasteiger partial charge in [0.05, 0.1) is 23.5 Å². The molecule has 0 unspecified atom stereocenters. The Balaban J connectivity index is 1.38. The second-order valence-corrected chi connectivity index (χ2v) is 8.91. The van der Waals surface area contributed by atoms with Crippen LogP contribution in [0.1, 0.15) is 21.8 Å². The van der Waals surface area contributed by atoms with Crippen LogP contribution < -0.4 is 10.6 Å². The number of piperazine rings is 1. The van der Waals surface area contributed by atoms with Crippen LogP contribution >= 0.6 is 22.7 Å². The molecule has 0 bridgehead atoms. The molecule has 0 atom stereocenters. The van der Waals surface area contributed by atoms with Gasteiger partial charge < -0.3 is 15.0 Å². The van der Waals surface area contributed by atoms with Crippen molar-refractivity contribution in [2.45, 2.75) is 12.8 Å². The minimum atomic E-state index is -0.193. The minimum absolute atomic E-state index is 0.00419. The number of thiazole rings is 1. The molecule has 168 valence electrons. The number of nitrogens with one attached hydrogen (secondary N) is 2. The van der Waals surface area contributed by atoms with Gasteiger partial charge in [-0.1, -0.05) is 6.07 Å². The van der Waals surface area contributed by atoms with E-state index in [9.17, 15) is 14.4 Å². The summed E-state index contributed by atoms with van der Waals surface area (Å²) in [5.41, 5.74) is 0.648. The summed E-state index contributed by atoms with van der Waals surface area (Å²) in [5.74, 6) is -0.193. The van der Waals surface area contributed by atoms with Crippen molar-refractivity contribution < 1.29 is 19.1 Å². The van der Waals surface area contributed by atoms with Crippen LogP contribution in [0.15, 0.2) is 22.9 Å². The van der Waals surface area contributed by atoms with E-state index in [1.807, 2.05) is 11.4 Å². The van der Waals surface area contributed by atoms with Crippen molar-refractivity contribution in [3.63, 3.8) is 0 Å². The van der Waals surface area contributed by atoms with Crippen LogP contribution in [-0.4, -0.2) is 85.5 Å². The average molecular weight is 466 g/mol. The van der Waals surface area contributed by atoms with Gasteiger partial charge in [-0.15, -0.1) is 22.7 Å². The van der Waals surface area contributed by atoms with Crippen molar-refractivity contribution in [3.05, 3.63) is 33.5 Å². The number of nitrogens with zero attached hydrogens (tertiary/aromatic N) is 3. The molecule has 31 heavy (non-hydrogen) atoms. The van der Waals surface area contributed by atoms with Crippen molar-refractivity contribution >= 4 is 45.5 Å². The first kappa shape index (κ1) is 23.3. The van der Waals surface area contributed by atoms with E-state index in [-0.39, 0.29) is 24.1 Å². The number of rotatable bonds is 10. The van der Waals surface area contributed by atoms with E-state index >= 15 is 0 Å². The van der Waals surface area contributed by atoms with Gasteiger partial charge in [0.15, 0.2) is 5.13 Å². The molecule has 2 N–H and O–H groups in total. The molecule has 3 amide bonds. The van der Waals surface area contributed by atoms with Crippen molar-refractivity contribution in [1.29, 1.82) is 0 Å². The monoisotopic (exact) mass is 465 g/mol. The number of aromatic nitrogens is 1. The maximum Gasteiger partial charge on any atom is 0.267 e. The van der Waals surface area contributed by atoms with Gasteiger partial charge in [-0.3, -0.25) is 24.6 Å². The molecule has 3 rings (SSSR count). The number of ether oxygens (including phenoxy) is 1. The predicted molar refractivity (Wildman–Crippen MR) is 121 cm³/mol. The van der Waals surface area contributed by atoms with Gasteiger partial charge >= 0.3 is 0 Å². The molecule has 2 aromatic heterocycles. The van der Waals surface area contributed by atoms with Crippen LogP contribution in [0.2, 0.25) is 0 Å². The standard InChI is InChI=1S/C20H27N5O4S2/c1-29-10-3-5-21-17(26)13-24-6-8-25(9-7-24)18(27)12-15-14-31-20(22-15)23-19(28)16-4-2-11-30-16/h2,4,11,14H,3,5-10,12-13H2,1H3,(H,21,26)(H,22,23,28). The van der Waals surface area contributed by atoms with Gasteiger partial charge in [-0.25, -0.2) is 4.98 Å². The highest BCUT2D eigenvalue weighted by Gasteiger charge is 2.23. The summed E-state index contributed by atoms with van der Waals surface area (Å²) in [7, 11) is 1.64. The largest absolute Gasteiger partial charge is 0.385 e. The highest BCUT2D eigenvalue weighted by atomic mass is 32.1. The lowest BCUT2D eigenvalue weighted by Gasteiger charge is -2.34. The molecule has 3 heterocycles. The highest BCUT2D eigenvalue weighted by molar-refractivity contribution is 7.14. The number of thiophene rings is 1. The van der Waals surface area contributed by atoms with Crippen molar-refractivity contribution in [3.8, 4) is 0 Å². The number of amides is 3. The topological polar surface area (TPSA) is 104 Å². The third-order valence-electron chi connectivity index (χ3n) is 4.79. The normalized spacial score (nSPS) is 14.4. The van der Waals surface area contributed by atoms with E-state index in [0.29, 0.717) is 61.6 Å². The smallest absolute Gasteiger partial charge is 0.267 e. The molecule has 2 aromatic rings. The summed E-state index contributed by atoms with van der Waals surface area (Å²) in [5, 5.41) is 9.77. The molecule has 0 saturated carbocycles. The fraction of sp³-hybridized carbons (Fsp3) is 0.500. The van der Waals surface area contributed by atoms with Crippen LogP contribution in [0.3, 0.4) is 0 Å². The van der Waals surface area contributed by atoms with Crippen molar-refractivity contribution in [2.75, 3.05) is 58.3 Å². The fourth-order valence-electron chi connectivity index (χ4n) is 3.14. The summed E-state index contributed by atoms with van der Waals surface area (Å²) in [6.45, 7) is 4.07. The number of methoxy groups -OCH3 is 1. The maximum absolute atomic E-state index is 12.6. The minimum Gasteiger partial charge on any atom is -0.385 e. The first-order valence-electron chi connectivity index (χ1n) is 10.1. The number of carbonyl (C=O) groups excluding carboxylic acids is 3. The first-order chi connectivity index (χ1) is 15.0. The Kier molecular flexibility index (Phi) is 8.95. The lowest BCUT2D eigenvalue weighted by atomic mass is 10.2. The zero-order valence-corrected chi connectivity index (χ0v) is 19.1. The van der Waals surface area contributed by atoms with Crippen LogP contribution in [0, 0.1) is 0 Å². The molecule has 1 saturated heterocycles. The number of anilines is 1. The summed E-state index contributed by atoms with van der Waals surface area (Å²) in [4.78, 5) is 45.5. The number of hydrogen-bond acceptors (Lipinski definition) is 8. The summed E-state index contributed by atoms with van der Waals surface area (Å²) < 4.78 is 4.96. The van der Waals surface area contributed by atoms with Gasteiger partial charge in [-0.2, -0.15) is 0 Å². The van der Waals surface area contributed by atoms with Gasteiger partial charge in [0.25, 0.3) is 5.91 Å². The van der Waals surface area contributed by atoms with Crippen molar-refractivity contribution in [2.24, 2.45) is 0 Å². The first-order valence-corrected chi connectivity index (χ1v) is 11.9. The third-order valence-corrected chi connectivity index (χ3v) is 6.46. The van der Waals surface area contributed by atoms with Gasteiger partial charge in [0.1, 0.15) is 0 Å². The molecule has 1 fully saturated rings. The van der Waals surface area contributed by atoms with E-state index in [4.69, 9.17) is 4.74 Å². The lowest BCUT2D eigenvalue weighted by molar-refractivity contribution is -0.132. The molecule has 1 aliphatic rings. The molecule has 0 aliphatic carbocycles. The summed E-state index contributed by atoms with van der Waals surface area (Å²) in [6.07, 6.45) is 0.992. The van der Waals surface area contributed by atoms with Gasteiger partial charge in [0, 0.05) is 51.8 Å². The second-order valence-electron chi connectivity index (χ2n) is 7.11. The Labute approximate surface area is 189 Å². The Hall–Kier alpha value is -2.34. The highest BCUT2D eigenvalue weighted by Crippen LogP contribution is 2.19. The fourth-order valence-corrected chi connectivity index (χ4v) is 4.46. The van der Waals surface area contributed by atoms with E-state index in [1.54, 1.807) is 23.5 Å². The Morgan fingerprint density at radius 1 is 1.19 bits per heavy atom. The van der Waals surface area contributed by atoms with Gasteiger partial charge in [0.2, 0.25) is 11.8 Å². The van der Waals surface area contributed by atoms with Crippen LogP contribution in [0.4, 0.5) is 5.13 Å². The Morgan fingerprint density at radius 2 is 2.00 bits per heavy atom. The third kappa shape index (κ3) is 7.39. The lowest BCUT2D eigenvalue weighted by Crippen LogP contribution is -2.51. The maximum atomic E-state index is 12.6. The predicted octanol–water partition coefficient (Wildman–Crippen LogP) is 1.30. The molecule has 0 radical (unpaired) electrons. The van der Waals surface area contributed by atoms with Crippen LogP contribution in [0.5, 0.6) is 0 Å². The van der Waals surface area contributed by atoms with E-state index in [0.717, 1.165) is 6.42 Å². The van der Waals surface area contributed by atoms with Crippen molar-refractivity contribution in [1.82, 2.24) is 20.1 Å². The molecule has 11 heteroatoms. The van der Waals surface area contributed by atoms with Crippen LogP contribution in [-0.2, 0) is 20.7 Å². The molecule has 0 aromatic carbocycles. The number of hydrogen-bond donors (Lipinski definition) is 2. The Bertz CT molecular complexity index is 863. The zero-order valence-electron chi connectivity index (χ0n) is 17.5. The molecular formula is C20H27N5O4S2. The average Bonchev–Trinajstić information content (AvgIpc) is 3.44. The number of carbonyl (C=O) groups is 3. The zero-order chi connectivity index (χ0) is 22.1. The van der Waals surface area contributed by atoms with E-state index in [2.05, 4.69) is 20.5 Å². The quantitative estimate of drug-likeness (QED) is 0.513. The second kappa shape index (κ2) is 11.9. The SMILES string of the molecule is COCCCNC(=O)CN1CCN(C(=O)Cc2csc(NC(=O)c3cccs3)n2)CC1. The van der Waals surface area contributed by atoms with E-state index in [1.165, 1.54) is 22.7 Å².